The van der Waals surface area contributed by atoms with Gasteiger partial charge in [-0.3, -0.25) is 4.21 Å². The minimum atomic E-state index is -2.13. The Kier molecular flexibility index (Phi) is 3.49. The number of benzene rings is 2. The fourth-order valence-corrected chi connectivity index (χ4v) is 1.91. The van der Waals surface area contributed by atoms with Crippen LogP contribution in [0.3, 0.4) is 0 Å². The van der Waals surface area contributed by atoms with Crippen LogP contribution in [0.4, 0.5) is 0 Å². The Bertz CT molecular complexity index is 477. The van der Waals surface area contributed by atoms with E-state index in [2.05, 4.69) is 12.1 Å². The van der Waals surface area contributed by atoms with Crippen molar-refractivity contribution in [1.29, 1.82) is 0 Å². The predicted octanol–water partition coefficient (Wildman–Crippen LogP) is 2.52. The molecule has 0 aliphatic carbocycles. The quantitative estimate of drug-likeness (QED) is 0.761. The molecule has 1 atom stereocenters. The molecule has 0 aromatic heterocycles. The van der Waals surface area contributed by atoms with E-state index in [1.165, 1.54) is 5.56 Å². The number of hydrogen-bond donors (Lipinski definition) is 0. The Hall–Kier alpha value is -1.45. The Balaban J connectivity index is 2.14. The van der Waals surface area contributed by atoms with Crippen LogP contribution in [-0.4, -0.2) is 8.76 Å². The maximum atomic E-state index is 10.7. The Labute approximate surface area is 97.2 Å². The zero-order valence-electron chi connectivity index (χ0n) is 8.63. The minimum absolute atomic E-state index is 0.330. The fraction of sp³-hybridized carbons (Fsp3) is 0.0769. The third kappa shape index (κ3) is 2.78. The second-order valence-corrected chi connectivity index (χ2v) is 4.48. The van der Waals surface area contributed by atoms with Crippen molar-refractivity contribution in [2.24, 2.45) is 0 Å². The molecule has 2 nitrogen and oxygen atoms in total. The van der Waals surface area contributed by atoms with Crippen molar-refractivity contribution in [3.63, 3.8) is 0 Å². The molecule has 1 unspecified atom stereocenters. The third-order valence-corrected chi connectivity index (χ3v) is 3.02. The summed E-state index contributed by atoms with van der Waals surface area (Å²) >= 11 is -2.13. The average Bonchev–Trinajstić information content (AvgIpc) is 2.31. The van der Waals surface area contributed by atoms with E-state index >= 15 is 0 Å². The summed E-state index contributed by atoms with van der Waals surface area (Å²) in [4.78, 5) is 0.330. The third-order valence-electron chi connectivity index (χ3n) is 2.37. The Morgan fingerprint density at radius 3 is 2.00 bits per heavy atom. The van der Waals surface area contributed by atoms with E-state index in [-0.39, 0.29) is 0 Å². The number of rotatable bonds is 3. The van der Waals surface area contributed by atoms with Crippen molar-refractivity contribution in [2.75, 3.05) is 0 Å². The largest absolute Gasteiger partial charge is 0.768 e. The van der Waals surface area contributed by atoms with Crippen molar-refractivity contribution < 1.29 is 8.76 Å². The van der Waals surface area contributed by atoms with E-state index in [1.54, 1.807) is 12.1 Å². The highest BCUT2D eigenvalue weighted by molar-refractivity contribution is 7.79. The Morgan fingerprint density at radius 1 is 0.875 bits per heavy atom. The maximum Gasteiger partial charge on any atom is 0.0248 e. The van der Waals surface area contributed by atoms with Gasteiger partial charge in [-0.1, -0.05) is 42.5 Å². The molecule has 2 aromatic rings. The first-order valence-electron chi connectivity index (χ1n) is 4.98. The van der Waals surface area contributed by atoms with Gasteiger partial charge in [0.15, 0.2) is 0 Å². The molecule has 2 rings (SSSR count). The van der Waals surface area contributed by atoms with Crippen LogP contribution in [0.5, 0.6) is 0 Å². The van der Waals surface area contributed by atoms with Gasteiger partial charge in [-0.15, -0.1) is 0 Å². The van der Waals surface area contributed by atoms with Crippen molar-refractivity contribution >= 4 is 11.1 Å². The zero-order chi connectivity index (χ0) is 11.4. The molecule has 16 heavy (non-hydrogen) atoms. The average molecular weight is 231 g/mol. The van der Waals surface area contributed by atoms with Crippen LogP contribution in [0.2, 0.25) is 0 Å². The molecule has 3 heteroatoms. The molecule has 0 fully saturated rings. The second-order valence-electron chi connectivity index (χ2n) is 3.54. The number of hydrogen-bond acceptors (Lipinski definition) is 2. The maximum absolute atomic E-state index is 10.7. The first kappa shape index (κ1) is 11.0. The van der Waals surface area contributed by atoms with Crippen LogP contribution in [0.25, 0.3) is 0 Å². The van der Waals surface area contributed by atoms with Crippen molar-refractivity contribution in [2.45, 2.75) is 11.3 Å². The molecule has 0 saturated heterocycles. The molecule has 0 bridgehead atoms. The van der Waals surface area contributed by atoms with Gasteiger partial charge >= 0.3 is 0 Å². The van der Waals surface area contributed by atoms with E-state index in [1.807, 2.05) is 30.3 Å². The monoisotopic (exact) mass is 231 g/mol. The lowest BCUT2D eigenvalue weighted by Crippen LogP contribution is -1.91. The smallest absolute Gasteiger partial charge is 0.0248 e. The van der Waals surface area contributed by atoms with Crippen molar-refractivity contribution in [3.05, 3.63) is 65.7 Å². The molecule has 0 spiro atoms. The topological polar surface area (TPSA) is 40.1 Å². The summed E-state index contributed by atoms with van der Waals surface area (Å²) in [6.07, 6.45) is 0.826. The van der Waals surface area contributed by atoms with Crippen LogP contribution in [0, 0.1) is 0 Å². The summed E-state index contributed by atoms with van der Waals surface area (Å²) in [7, 11) is 0. The molecule has 82 valence electrons. The zero-order valence-corrected chi connectivity index (χ0v) is 9.44. The van der Waals surface area contributed by atoms with Gasteiger partial charge in [0.1, 0.15) is 0 Å². The summed E-state index contributed by atoms with van der Waals surface area (Å²) in [5, 5.41) is 0. The molecular formula is C13H11O2S-. The van der Waals surface area contributed by atoms with Gasteiger partial charge in [0.05, 0.1) is 0 Å². The van der Waals surface area contributed by atoms with Gasteiger partial charge in [-0.05, 0) is 40.8 Å². The SMILES string of the molecule is O=S([O-])c1ccc(Cc2ccccc2)cc1. The summed E-state index contributed by atoms with van der Waals surface area (Å²) in [5.74, 6) is 0. The van der Waals surface area contributed by atoms with Crippen LogP contribution in [0.1, 0.15) is 11.1 Å². The second kappa shape index (κ2) is 5.05. The van der Waals surface area contributed by atoms with Crippen LogP contribution < -0.4 is 0 Å². The summed E-state index contributed by atoms with van der Waals surface area (Å²) in [5.41, 5.74) is 2.33. The van der Waals surface area contributed by atoms with E-state index in [0.29, 0.717) is 4.90 Å². The van der Waals surface area contributed by atoms with Crippen molar-refractivity contribution in [3.8, 4) is 0 Å². The molecule has 0 amide bonds. The molecule has 0 aliphatic rings. The molecular weight excluding hydrogens is 220 g/mol. The van der Waals surface area contributed by atoms with E-state index in [9.17, 15) is 8.76 Å². The van der Waals surface area contributed by atoms with Crippen LogP contribution in [0.15, 0.2) is 59.5 Å². The molecule has 0 heterocycles. The predicted molar refractivity (Wildman–Crippen MR) is 62.9 cm³/mol. The molecule has 0 saturated carbocycles. The van der Waals surface area contributed by atoms with Crippen LogP contribution >= 0.6 is 0 Å². The summed E-state index contributed by atoms with van der Waals surface area (Å²) < 4.78 is 21.3. The minimum Gasteiger partial charge on any atom is -0.768 e. The standard InChI is InChI=1S/C13H12O2S/c14-16(15)13-8-6-12(7-9-13)10-11-4-2-1-3-5-11/h1-9H,10H2,(H,14,15)/p-1. The van der Waals surface area contributed by atoms with Crippen molar-refractivity contribution in [1.82, 2.24) is 0 Å². The summed E-state index contributed by atoms with van der Waals surface area (Å²) in [6.45, 7) is 0. The summed E-state index contributed by atoms with van der Waals surface area (Å²) in [6, 6.07) is 17.0. The molecule has 0 radical (unpaired) electrons. The molecule has 0 N–H and O–H groups in total. The molecule has 0 aliphatic heterocycles. The highest BCUT2D eigenvalue weighted by Crippen LogP contribution is 2.11. The van der Waals surface area contributed by atoms with Gasteiger partial charge in [0.2, 0.25) is 0 Å². The lowest BCUT2D eigenvalue weighted by atomic mass is 10.1. The lowest BCUT2D eigenvalue weighted by Gasteiger charge is -2.06. The van der Waals surface area contributed by atoms with Gasteiger partial charge in [-0.2, -0.15) is 0 Å². The Morgan fingerprint density at radius 2 is 1.44 bits per heavy atom. The van der Waals surface area contributed by atoms with Gasteiger partial charge in [0, 0.05) is 4.90 Å². The van der Waals surface area contributed by atoms with E-state index in [4.69, 9.17) is 0 Å². The lowest BCUT2D eigenvalue weighted by molar-refractivity contribution is 0.537. The fourth-order valence-electron chi connectivity index (χ4n) is 1.55. The highest BCUT2D eigenvalue weighted by Gasteiger charge is 1.96. The first-order chi connectivity index (χ1) is 7.75. The molecule has 2 aromatic carbocycles. The first-order valence-corrected chi connectivity index (χ1v) is 6.05. The highest BCUT2D eigenvalue weighted by atomic mass is 32.2. The van der Waals surface area contributed by atoms with E-state index < -0.39 is 11.1 Å². The van der Waals surface area contributed by atoms with Gasteiger partial charge < -0.3 is 4.55 Å². The van der Waals surface area contributed by atoms with E-state index in [0.717, 1.165) is 12.0 Å². The normalized spacial score (nSPS) is 12.3. The van der Waals surface area contributed by atoms with Gasteiger partial charge in [-0.25, -0.2) is 0 Å². The van der Waals surface area contributed by atoms with Gasteiger partial charge in [0.25, 0.3) is 0 Å². The van der Waals surface area contributed by atoms with Crippen LogP contribution in [-0.2, 0) is 17.5 Å².